The lowest BCUT2D eigenvalue weighted by Crippen LogP contribution is -2.00. The lowest BCUT2D eigenvalue weighted by atomic mass is 10.1. The van der Waals surface area contributed by atoms with Crippen molar-refractivity contribution in [2.45, 2.75) is 12.8 Å². The summed E-state index contributed by atoms with van der Waals surface area (Å²) < 4.78 is 0. The first-order chi connectivity index (χ1) is 8.25. The molecule has 0 spiro atoms. The molecule has 1 N–H and O–H groups in total. The highest BCUT2D eigenvalue weighted by molar-refractivity contribution is 5.87. The van der Waals surface area contributed by atoms with E-state index in [9.17, 15) is 4.79 Å². The minimum Gasteiger partial charge on any atom is -0.478 e. The van der Waals surface area contributed by atoms with E-state index < -0.39 is 5.97 Å². The minimum absolute atomic E-state index is 0. The van der Waals surface area contributed by atoms with E-state index in [0.29, 0.717) is 5.56 Å². The SMILES string of the molecule is Cl.O=C(O)c1ccnc(CCc2ccccc2)c1. The molecule has 1 aromatic carbocycles. The predicted octanol–water partition coefficient (Wildman–Crippen LogP) is 2.99. The Morgan fingerprint density at radius 3 is 2.50 bits per heavy atom. The van der Waals surface area contributed by atoms with Crippen LogP contribution in [0.1, 0.15) is 21.6 Å². The molecule has 0 bridgehead atoms. The van der Waals surface area contributed by atoms with Crippen molar-refractivity contribution in [3.63, 3.8) is 0 Å². The quantitative estimate of drug-likeness (QED) is 0.923. The molecule has 18 heavy (non-hydrogen) atoms. The van der Waals surface area contributed by atoms with Crippen molar-refractivity contribution in [1.29, 1.82) is 0 Å². The maximum absolute atomic E-state index is 10.8. The van der Waals surface area contributed by atoms with Gasteiger partial charge in [0.05, 0.1) is 5.56 Å². The molecule has 2 aromatic rings. The Kier molecular flexibility index (Phi) is 5.33. The largest absolute Gasteiger partial charge is 0.478 e. The molecule has 0 aliphatic heterocycles. The number of aryl methyl sites for hydroxylation is 2. The summed E-state index contributed by atoms with van der Waals surface area (Å²) in [5.74, 6) is -0.909. The Labute approximate surface area is 112 Å². The highest BCUT2D eigenvalue weighted by Gasteiger charge is 2.04. The van der Waals surface area contributed by atoms with Gasteiger partial charge in [-0.05, 0) is 30.5 Å². The van der Waals surface area contributed by atoms with E-state index in [0.717, 1.165) is 18.5 Å². The van der Waals surface area contributed by atoms with Gasteiger partial charge in [0.2, 0.25) is 0 Å². The molecule has 0 unspecified atom stereocenters. The average molecular weight is 264 g/mol. The van der Waals surface area contributed by atoms with Gasteiger partial charge in [-0.3, -0.25) is 4.98 Å². The molecule has 0 amide bonds. The lowest BCUT2D eigenvalue weighted by Gasteiger charge is -2.02. The summed E-state index contributed by atoms with van der Waals surface area (Å²) in [6.07, 6.45) is 3.17. The third kappa shape index (κ3) is 3.86. The molecular weight excluding hydrogens is 250 g/mol. The van der Waals surface area contributed by atoms with Gasteiger partial charge in [0.25, 0.3) is 0 Å². The number of hydrogen-bond donors (Lipinski definition) is 1. The number of benzene rings is 1. The maximum Gasteiger partial charge on any atom is 0.335 e. The van der Waals surface area contributed by atoms with Crippen molar-refractivity contribution in [3.05, 3.63) is 65.5 Å². The topological polar surface area (TPSA) is 50.2 Å². The number of halogens is 1. The van der Waals surface area contributed by atoms with Gasteiger partial charge in [0.15, 0.2) is 0 Å². The Bertz CT molecular complexity index is 514. The molecule has 0 saturated carbocycles. The van der Waals surface area contributed by atoms with E-state index in [1.54, 1.807) is 12.3 Å². The molecule has 94 valence electrons. The highest BCUT2D eigenvalue weighted by Crippen LogP contribution is 2.07. The molecule has 1 aromatic heterocycles. The second kappa shape index (κ2) is 6.77. The van der Waals surface area contributed by atoms with Crippen LogP contribution in [0, 0.1) is 0 Å². The van der Waals surface area contributed by atoms with Gasteiger partial charge in [-0.15, -0.1) is 12.4 Å². The van der Waals surface area contributed by atoms with Crippen LogP contribution in [-0.4, -0.2) is 16.1 Å². The van der Waals surface area contributed by atoms with Crippen molar-refractivity contribution in [1.82, 2.24) is 4.98 Å². The third-order valence-electron chi connectivity index (χ3n) is 2.58. The van der Waals surface area contributed by atoms with Crippen molar-refractivity contribution < 1.29 is 9.90 Å². The maximum atomic E-state index is 10.8. The highest BCUT2D eigenvalue weighted by atomic mass is 35.5. The van der Waals surface area contributed by atoms with E-state index in [4.69, 9.17) is 5.11 Å². The molecule has 0 aliphatic carbocycles. The van der Waals surface area contributed by atoms with Gasteiger partial charge in [-0.25, -0.2) is 4.79 Å². The van der Waals surface area contributed by atoms with Gasteiger partial charge in [-0.2, -0.15) is 0 Å². The number of nitrogens with zero attached hydrogens (tertiary/aromatic N) is 1. The summed E-state index contributed by atoms with van der Waals surface area (Å²) in [7, 11) is 0. The summed E-state index contributed by atoms with van der Waals surface area (Å²) in [5, 5.41) is 8.87. The van der Waals surface area contributed by atoms with Gasteiger partial charge in [0.1, 0.15) is 0 Å². The molecule has 2 rings (SSSR count). The molecule has 1 heterocycles. The number of aromatic nitrogens is 1. The van der Waals surface area contributed by atoms with Crippen LogP contribution in [0.15, 0.2) is 48.7 Å². The summed E-state index contributed by atoms with van der Waals surface area (Å²) in [4.78, 5) is 15.0. The van der Waals surface area contributed by atoms with Gasteiger partial charge in [0, 0.05) is 11.9 Å². The van der Waals surface area contributed by atoms with Crippen molar-refractivity contribution >= 4 is 18.4 Å². The van der Waals surface area contributed by atoms with Crippen LogP contribution >= 0.6 is 12.4 Å². The van der Waals surface area contributed by atoms with Crippen LogP contribution in [-0.2, 0) is 12.8 Å². The Hall–Kier alpha value is -1.87. The van der Waals surface area contributed by atoms with Crippen LogP contribution in [0.5, 0.6) is 0 Å². The van der Waals surface area contributed by atoms with E-state index in [1.165, 1.54) is 11.6 Å². The molecular formula is C14H14ClNO2. The zero-order valence-corrected chi connectivity index (χ0v) is 10.6. The number of carboxylic acids is 1. The average Bonchev–Trinajstić information content (AvgIpc) is 2.38. The van der Waals surface area contributed by atoms with Crippen LogP contribution in [0.4, 0.5) is 0 Å². The summed E-state index contributed by atoms with van der Waals surface area (Å²) in [6.45, 7) is 0. The Morgan fingerprint density at radius 2 is 1.83 bits per heavy atom. The van der Waals surface area contributed by atoms with Crippen LogP contribution < -0.4 is 0 Å². The minimum atomic E-state index is -0.909. The second-order valence-corrected chi connectivity index (χ2v) is 3.83. The van der Waals surface area contributed by atoms with E-state index in [-0.39, 0.29) is 12.4 Å². The number of rotatable bonds is 4. The number of hydrogen-bond acceptors (Lipinski definition) is 2. The van der Waals surface area contributed by atoms with Crippen molar-refractivity contribution in [2.75, 3.05) is 0 Å². The molecule has 3 nitrogen and oxygen atoms in total. The Morgan fingerprint density at radius 1 is 1.11 bits per heavy atom. The summed E-state index contributed by atoms with van der Waals surface area (Å²) in [6, 6.07) is 13.2. The standard InChI is InChI=1S/C14H13NO2.ClH/c16-14(17)12-8-9-15-13(10-12)7-6-11-4-2-1-3-5-11;/h1-5,8-10H,6-7H2,(H,16,17);1H. The third-order valence-corrected chi connectivity index (χ3v) is 2.58. The zero-order chi connectivity index (χ0) is 12.1. The van der Waals surface area contributed by atoms with E-state index in [2.05, 4.69) is 17.1 Å². The normalized spacial score (nSPS) is 9.56. The van der Waals surface area contributed by atoms with E-state index >= 15 is 0 Å². The first-order valence-corrected chi connectivity index (χ1v) is 5.48. The van der Waals surface area contributed by atoms with Crippen LogP contribution in [0.2, 0.25) is 0 Å². The molecule has 0 atom stereocenters. The monoisotopic (exact) mass is 263 g/mol. The molecule has 0 aliphatic rings. The molecule has 4 heteroatoms. The van der Waals surface area contributed by atoms with Gasteiger partial charge in [-0.1, -0.05) is 30.3 Å². The van der Waals surface area contributed by atoms with Crippen molar-refractivity contribution in [2.24, 2.45) is 0 Å². The van der Waals surface area contributed by atoms with Crippen molar-refractivity contribution in [3.8, 4) is 0 Å². The summed E-state index contributed by atoms with van der Waals surface area (Å²) >= 11 is 0. The Balaban J connectivity index is 0.00000162. The van der Waals surface area contributed by atoms with E-state index in [1.807, 2.05) is 18.2 Å². The van der Waals surface area contributed by atoms with Crippen LogP contribution in [0.3, 0.4) is 0 Å². The number of carbonyl (C=O) groups is 1. The zero-order valence-electron chi connectivity index (χ0n) is 9.74. The summed E-state index contributed by atoms with van der Waals surface area (Å²) in [5.41, 5.74) is 2.34. The predicted molar refractivity (Wildman–Crippen MR) is 72.3 cm³/mol. The van der Waals surface area contributed by atoms with Crippen LogP contribution in [0.25, 0.3) is 0 Å². The number of carboxylic acid groups (broad SMARTS) is 1. The smallest absolute Gasteiger partial charge is 0.335 e. The number of pyridine rings is 1. The first kappa shape index (κ1) is 14.2. The van der Waals surface area contributed by atoms with Gasteiger partial charge < -0.3 is 5.11 Å². The second-order valence-electron chi connectivity index (χ2n) is 3.83. The lowest BCUT2D eigenvalue weighted by molar-refractivity contribution is 0.0696. The fourth-order valence-electron chi connectivity index (χ4n) is 1.67. The van der Waals surface area contributed by atoms with Gasteiger partial charge >= 0.3 is 5.97 Å². The first-order valence-electron chi connectivity index (χ1n) is 5.48. The molecule has 0 fully saturated rings. The fraction of sp³-hybridized carbons (Fsp3) is 0.143. The fourth-order valence-corrected chi connectivity index (χ4v) is 1.67. The molecule has 0 radical (unpaired) electrons. The molecule has 0 saturated heterocycles. The number of aromatic carboxylic acids is 1.